The summed E-state index contributed by atoms with van der Waals surface area (Å²) in [5.41, 5.74) is 2.29. The summed E-state index contributed by atoms with van der Waals surface area (Å²) >= 11 is 0. The standard InChI is InChI=1S/C29H37F2N7O3S/c1-18(2)42(39,40)25-8-6-5-7-23(25)33-27-21-11-14-32-26(21)35-29(36-27)34-22-10-9-20(17-24(22)41-28(30)31)38-15-12-19(13-16-38)37(3)4/h5-10,17-19,28H,11-16H2,1-4H3,(H3,32,33,34,35,36). The van der Waals surface area contributed by atoms with Crippen molar-refractivity contribution in [2.24, 2.45) is 0 Å². The molecule has 1 aromatic heterocycles. The Bertz CT molecular complexity index is 1530. The van der Waals surface area contributed by atoms with Crippen LogP contribution in [0.2, 0.25) is 0 Å². The number of aromatic nitrogens is 2. The molecule has 0 unspecified atom stereocenters. The average Bonchev–Trinajstić information content (AvgIpc) is 3.43. The number of anilines is 6. The molecule has 10 nitrogen and oxygen atoms in total. The van der Waals surface area contributed by atoms with Crippen LogP contribution >= 0.6 is 0 Å². The van der Waals surface area contributed by atoms with E-state index in [-0.39, 0.29) is 22.3 Å². The summed E-state index contributed by atoms with van der Waals surface area (Å²) in [7, 11) is 0.568. The van der Waals surface area contributed by atoms with Crippen LogP contribution in [-0.2, 0) is 16.3 Å². The SMILES string of the molecule is CC(C)S(=O)(=O)c1ccccc1Nc1nc(Nc2ccc(N3CCC(N(C)C)CC3)cc2OC(F)F)nc2c1CCN2. The van der Waals surface area contributed by atoms with Crippen molar-refractivity contribution >= 4 is 44.5 Å². The van der Waals surface area contributed by atoms with Crippen molar-refractivity contribution in [3.05, 3.63) is 48.0 Å². The Labute approximate surface area is 245 Å². The fourth-order valence-corrected chi connectivity index (χ4v) is 6.50. The minimum atomic E-state index is -3.57. The first-order valence-electron chi connectivity index (χ1n) is 14.0. The zero-order chi connectivity index (χ0) is 30.0. The highest BCUT2D eigenvalue weighted by Gasteiger charge is 2.26. The lowest BCUT2D eigenvalue weighted by Gasteiger charge is -2.36. The molecule has 0 radical (unpaired) electrons. The van der Waals surface area contributed by atoms with Crippen molar-refractivity contribution < 1.29 is 21.9 Å². The highest BCUT2D eigenvalue weighted by atomic mass is 32.2. The smallest absolute Gasteiger partial charge is 0.387 e. The number of halogens is 2. The number of nitrogens with one attached hydrogen (secondary N) is 3. The van der Waals surface area contributed by atoms with Gasteiger partial charge in [-0.2, -0.15) is 18.7 Å². The predicted octanol–water partition coefficient (Wildman–Crippen LogP) is 5.25. The molecule has 0 amide bonds. The third-order valence-corrected chi connectivity index (χ3v) is 9.94. The molecule has 3 N–H and O–H groups in total. The summed E-state index contributed by atoms with van der Waals surface area (Å²) in [6, 6.07) is 12.3. The monoisotopic (exact) mass is 601 g/mol. The second kappa shape index (κ2) is 12.3. The van der Waals surface area contributed by atoms with E-state index in [0.29, 0.717) is 36.3 Å². The number of rotatable bonds is 10. The summed E-state index contributed by atoms with van der Waals surface area (Å²) < 4.78 is 57.9. The molecular weight excluding hydrogens is 564 g/mol. The lowest BCUT2D eigenvalue weighted by molar-refractivity contribution is -0.0493. The first-order valence-corrected chi connectivity index (χ1v) is 15.6. The van der Waals surface area contributed by atoms with E-state index in [2.05, 4.69) is 49.8 Å². The van der Waals surface area contributed by atoms with Crippen molar-refractivity contribution in [3.8, 4) is 5.75 Å². The van der Waals surface area contributed by atoms with Crippen LogP contribution in [0.25, 0.3) is 0 Å². The molecule has 0 spiro atoms. The Kier molecular flexibility index (Phi) is 8.69. The molecule has 0 saturated carbocycles. The lowest BCUT2D eigenvalue weighted by atomic mass is 10.0. The molecule has 0 aliphatic carbocycles. The van der Waals surface area contributed by atoms with E-state index in [1.54, 1.807) is 50.2 Å². The maximum Gasteiger partial charge on any atom is 0.387 e. The lowest BCUT2D eigenvalue weighted by Crippen LogP contribution is -2.41. The molecule has 1 fully saturated rings. The molecule has 0 atom stereocenters. The Morgan fingerprint density at radius 2 is 1.79 bits per heavy atom. The third-order valence-electron chi connectivity index (χ3n) is 7.73. The van der Waals surface area contributed by atoms with E-state index in [1.807, 2.05) is 6.07 Å². The predicted molar refractivity (Wildman–Crippen MR) is 162 cm³/mol. The summed E-state index contributed by atoms with van der Waals surface area (Å²) in [5.74, 6) is 1.14. The molecule has 2 aliphatic rings. The van der Waals surface area contributed by atoms with E-state index in [9.17, 15) is 17.2 Å². The van der Waals surface area contributed by atoms with Gasteiger partial charge in [0, 0.05) is 43.0 Å². The quantitative estimate of drug-likeness (QED) is 0.285. The van der Waals surface area contributed by atoms with Crippen molar-refractivity contribution in [2.45, 2.75) is 55.9 Å². The largest absolute Gasteiger partial charge is 0.433 e. The molecule has 13 heteroatoms. The van der Waals surface area contributed by atoms with Gasteiger partial charge in [0.15, 0.2) is 15.6 Å². The van der Waals surface area contributed by atoms with E-state index in [1.165, 1.54) is 0 Å². The molecule has 226 valence electrons. The van der Waals surface area contributed by atoms with E-state index < -0.39 is 21.7 Å². The van der Waals surface area contributed by atoms with Crippen LogP contribution < -0.4 is 25.6 Å². The number of alkyl halides is 2. The molecule has 42 heavy (non-hydrogen) atoms. The zero-order valence-electron chi connectivity index (χ0n) is 24.2. The van der Waals surface area contributed by atoms with E-state index >= 15 is 0 Å². The van der Waals surface area contributed by atoms with Crippen LogP contribution in [0.3, 0.4) is 0 Å². The summed E-state index contributed by atoms with van der Waals surface area (Å²) in [6.07, 6.45) is 2.59. The van der Waals surface area contributed by atoms with Crippen molar-refractivity contribution in [3.63, 3.8) is 0 Å². The topological polar surface area (TPSA) is 112 Å². The van der Waals surface area contributed by atoms with Gasteiger partial charge in [-0.15, -0.1) is 0 Å². The van der Waals surface area contributed by atoms with Gasteiger partial charge in [-0.25, -0.2) is 8.42 Å². The molecule has 5 rings (SSSR count). The Morgan fingerprint density at radius 3 is 2.48 bits per heavy atom. The van der Waals surface area contributed by atoms with Crippen molar-refractivity contribution in [1.29, 1.82) is 0 Å². The molecule has 3 heterocycles. The van der Waals surface area contributed by atoms with Crippen molar-refractivity contribution in [2.75, 3.05) is 54.6 Å². The van der Waals surface area contributed by atoms with Gasteiger partial charge in [-0.3, -0.25) is 0 Å². The second-order valence-corrected chi connectivity index (χ2v) is 13.5. The van der Waals surface area contributed by atoms with Gasteiger partial charge in [0.25, 0.3) is 0 Å². The van der Waals surface area contributed by atoms with Gasteiger partial charge < -0.3 is 30.5 Å². The number of fused-ring (bicyclic) bond motifs is 1. The minimum absolute atomic E-state index is 0.0165. The summed E-state index contributed by atoms with van der Waals surface area (Å²) in [5, 5.41) is 8.85. The molecule has 2 aliphatic heterocycles. The molecule has 1 saturated heterocycles. The summed E-state index contributed by atoms with van der Waals surface area (Å²) in [4.78, 5) is 13.7. The highest BCUT2D eigenvalue weighted by Crippen LogP contribution is 2.37. The maximum absolute atomic E-state index is 13.5. The normalized spacial score (nSPS) is 15.7. The number of ether oxygens (including phenoxy) is 1. The average molecular weight is 602 g/mol. The highest BCUT2D eigenvalue weighted by molar-refractivity contribution is 7.92. The van der Waals surface area contributed by atoms with E-state index in [0.717, 1.165) is 37.2 Å². The second-order valence-electron chi connectivity index (χ2n) is 11.0. The Hall–Kier alpha value is -3.71. The number of benzene rings is 2. The van der Waals surface area contributed by atoms with Gasteiger partial charge in [-0.1, -0.05) is 12.1 Å². The van der Waals surface area contributed by atoms with Gasteiger partial charge in [0.1, 0.15) is 11.6 Å². The number of nitrogens with zero attached hydrogens (tertiary/aromatic N) is 4. The fourth-order valence-electron chi connectivity index (χ4n) is 5.30. The molecule has 2 aromatic carbocycles. The van der Waals surface area contributed by atoms with E-state index in [4.69, 9.17) is 4.74 Å². The number of hydrogen-bond donors (Lipinski definition) is 3. The number of hydrogen-bond acceptors (Lipinski definition) is 10. The molecular formula is C29H37F2N7O3S. The number of piperidine rings is 1. The van der Waals surface area contributed by atoms with Crippen LogP contribution in [-0.4, -0.2) is 74.9 Å². The van der Waals surface area contributed by atoms with Crippen LogP contribution in [0.1, 0.15) is 32.3 Å². The van der Waals surface area contributed by atoms with Crippen LogP contribution in [0.4, 0.5) is 43.4 Å². The summed E-state index contributed by atoms with van der Waals surface area (Å²) in [6.45, 7) is 2.51. The third kappa shape index (κ3) is 6.36. The Balaban J connectivity index is 1.44. The van der Waals surface area contributed by atoms with Crippen molar-refractivity contribution in [1.82, 2.24) is 14.9 Å². The number of para-hydroxylation sites is 1. The van der Waals surface area contributed by atoms with Gasteiger partial charge >= 0.3 is 6.61 Å². The van der Waals surface area contributed by atoms with Gasteiger partial charge in [0.05, 0.1) is 21.5 Å². The molecule has 0 bridgehead atoms. The minimum Gasteiger partial charge on any atom is -0.433 e. The van der Waals surface area contributed by atoms with Crippen LogP contribution in [0.5, 0.6) is 5.75 Å². The van der Waals surface area contributed by atoms with Crippen LogP contribution in [0, 0.1) is 0 Å². The van der Waals surface area contributed by atoms with Gasteiger partial charge in [0.2, 0.25) is 5.95 Å². The van der Waals surface area contributed by atoms with Crippen LogP contribution in [0.15, 0.2) is 47.4 Å². The first-order chi connectivity index (χ1) is 20.0. The Morgan fingerprint density at radius 1 is 1.05 bits per heavy atom. The molecule has 3 aromatic rings. The number of sulfone groups is 1. The van der Waals surface area contributed by atoms with Gasteiger partial charge in [-0.05, 0) is 71.5 Å². The fraction of sp³-hybridized carbons (Fsp3) is 0.448. The first kappa shape index (κ1) is 29.8. The maximum atomic E-state index is 13.5. The zero-order valence-corrected chi connectivity index (χ0v) is 25.0.